The van der Waals surface area contributed by atoms with Crippen LogP contribution in [0.4, 0.5) is 11.6 Å². The summed E-state index contributed by atoms with van der Waals surface area (Å²) in [5, 5.41) is 4.92. The summed E-state index contributed by atoms with van der Waals surface area (Å²) in [6.07, 6.45) is 0. The number of rotatable bonds is 5. The molecule has 3 aromatic rings. The van der Waals surface area contributed by atoms with Gasteiger partial charge < -0.3 is 14.9 Å². The van der Waals surface area contributed by atoms with Crippen LogP contribution < -0.4 is 14.9 Å². The normalized spacial score (nSPS) is 14.1. The van der Waals surface area contributed by atoms with Crippen molar-refractivity contribution >= 4 is 35.2 Å². The summed E-state index contributed by atoms with van der Waals surface area (Å²) < 4.78 is 3.30. The van der Waals surface area contributed by atoms with E-state index in [0.29, 0.717) is 5.02 Å². The quantitative estimate of drug-likeness (QED) is 0.597. The van der Waals surface area contributed by atoms with Gasteiger partial charge in [0, 0.05) is 43.7 Å². The number of anilines is 2. The Kier molecular flexibility index (Phi) is 6.00. The van der Waals surface area contributed by atoms with E-state index in [4.69, 9.17) is 21.6 Å². The molecule has 0 atom stereocenters. The van der Waals surface area contributed by atoms with Gasteiger partial charge in [-0.2, -0.15) is 0 Å². The second-order valence-electron chi connectivity index (χ2n) is 6.62. The smallest absolute Gasteiger partial charge is 0.136 e. The molecule has 1 aromatic carbocycles. The van der Waals surface area contributed by atoms with Gasteiger partial charge in [-0.05, 0) is 36.8 Å². The number of hydrogen-bond acceptors (Lipinski definition) is 6. The largest absolute Gasteiger partial charge is 0.354 e. The molecule has 0 radical (unpaired) electrons. The molecule has 0 amide bonds. The van der Waals surface area contributed by atoms with Crippen LogP contribution in [0.15, 0.2) is 59.6 Å². The van der Waals surface area contributed by atoms with Crippen molar-refractivity contribution in [3.05, 3.63) is 65.2 Å². The molecule has 0 spiro atoms. The highest BCUT2D eigenvalue weighted by Crippen LogP contribution is 2.31. The third kappa shape index (κ3) is 4.41. The highest BCUT2D eigenvalue weighted by atomic mass is 35.5. The number of nitrogens with zero attached hydrogens (tertiary/aromatic N) is 3. The predicted octanol–water partition coefficient (Wildman–Crippen LogP) is 4.63. The fourth-order valence-corrected chi connectivity index (χ4v) is 3.98. The number of aromatic nitrogens is 2. The van der Waals surface area contributed by atoms with Crippen molar-refractivity contribution in [1.82, 2.24) is 15.3 Å². The molecule has 0 aliphatic carbocycles. The lowest BCUT2D eigenvalue weighted by Crippen LogP contribution is -2.43. The second-order valence-corrected chi connectivity index (χ2v) is 7.85. The maximum Gasteiger partial charge on any atom is 0.136 e. The maximum absolute atomic E-state index is 6.41. The predicted molar refractivity (Wildman–Crippen MR) is 118 cm³/mol. The average Bonchev–Trinajstić information content (AvgIpc) is 2.75. The van der Waals surface area contributed by atoms with E-state index in [-0.39, 0.29) is 0 Å². The first-order valence-electron chi connectivity index (χ1n) is 9.29. The summed E-state index contributed by atoms with van der Waals surface area (Å²) >= 11 is 7.86. The number of halogens is 1. The molecule has 2 aromatic heterocycles. The molecule has 2 N–H and O–H groups in total. The molecule has 5 nitrogen and oxygen atoms in total. The van der Waals surface area contributed by atoms with Crippen LogP contribution in [-0.4, -0.2) is 36.1 Å². The number of benzene rings is 1. The zero-order valence-electron chi connectivity index (χ0n) is 15.7. The van der Waals surface area contributed by atoms with Crippen LogP contribution in [0.1, 0.15) is 5.56 Å². The first-order chi connectivity index (χ1) is 13.7. The lowest BCUT2D eigenvalue weighted by atomic mass is 10.1. The molecule has 3 heterocycles. The molecule has 28 heavy (non-hydrogen) atoms. The topological polar surface area (TPSA) is 53.1 Å². The zero-order valence-corrected chi connectivity index (χ0v) is 17.2. The highest BCUT2D eigenvalue weighted by Gasteiger charge is 2.13. The third-order valence-corrected chi connectivity index (χ3v) is 5.71. The monoisotopic (exact) mass is 411 g/mol. The van der Waals surface area contributed by atoms with Gasteiger partial charge >= 0.3 is 0 Å². The highest BCUT2D eigenvalue weighted by molar-refractivity contribution is 8.00. The molecule has 0 bridgehead atoms. The Bertz CT molecular complexity index is 959. The standard InChI is InChI=1S/C21H22ClN5S/c1-15-5-2-3-6-16(15)21-17(22)9-10-18(24-21)26-28-20-8-4-7-19(25-20)27-13-11-23-12-14-27/h2-10,23H,11-14H2,1H3,(H,24,26). The summed E-state index contributed by atoms with van der Waals surface area (Å²) in [5.74, 6) is 1.76. The molecule has 144 valence electrons. The van der Waals surface area contributed by atoms with Gasteiger partial charge in [-0.3, -0.25) is 0 Å². The van der Waals surface area contributed by atoms with Gasteiger partial charge in [0.25, 0.3) is 0 Å². The van der Waals surface area contributed by atoms with Gasteiger partial charge in [-0.1, -0.05) is 41.9 Å². The van der Waals surface area contributed by atoms with Crippen LogP contribution in [0.2, 0.25) is 5.02 Å². The molecule has 4 rings (SSSR count). The summed E-state index contributed by atoms with van der Waals surface area (Å²) in [4.78, 5) is 11.8. The molecule has 0 unspecified atom stereocenters. The Morgan fingerprint density at radius 2 is 1.82 bits per heavy atom. The lowest BCUT2D eigenvalue weighted by molar-refractivity contribution is 0.584. The maximum atomic E-state index is 6.41. The zero-order chi connectivity index (χ0) is 19.3. The van der Waals surface area contributed by atoms with E-state index in [2.05, 4.69) is 34.0 Å². The molecule has 1 aliphatic heterocycles. The van der Waals surface area contributed by atoms with Crippen LogP contribution in [0.25, 0.3) is 11.3 Å². The number of hydrogen-bond donors (Lipinski definition) is 2. The van der Waals surface area contributed by atoms with E-state index in [1.165, 1.54) is 11.9 Å². The fraction of sp³-hybridized carbons (Fsp3) is 0.238. The first kappa shape index (κ1) is 19.1. The summed E-state index contributed by atoms with van der Waals surface area (Å²) in [6, 6.07) is 18.0. The van der Waals surface area contributed by atoms with E-state index in [0.717, 1.165) is 59.7 Å². The molecular formula is C21H22ClN5S. The van der Waals surface area contributed by atoms with Crippen LogP contribution >= 0.6 is 23.5 Å². The van der Waals surface area contributed by atoms with E-state index in [9.17, 15) is 0 Å². The number of piperazine rings is 1. The summed E-state index contributed by atoms with van der Waals surface area (Å²) in [7, 11) is 0. The third-order valence-electron chi connectivity index (χ3n) is 4.66. The van der Waals surface area contributed by atoms with Gasteiger partial charge in [0.05, 0.1) is 10.7 Å². The minimum atomic E-state index is 0.642. The van der Waals surface area contributed by atoms with E-state index in [1.807, 2.05) is 42.5 Å². The van der Waals surface area contributed by atoms with Gasteiger partial charge in [0.1, 0.15) is 16.7 Å². The molecule has 1 saturated heterocycles. The van der Waals surface area contributed by atoms with Gasteiger partial charge in [-0.25, -0.2) is 9.97 Å². The average molecular weight is 412 g/mol. The Hall–Kier alpha value is -2.28. The Labute approximate surface area is 174 Å². The van der Waals surface area contributed by atoms with Crippen LogP contribution in [-0.2, 0) is 0 Å². The van der Waals surface area contributed by atoms with Crippen molar-refractivity contribution < 1.29 is 0 Å². The SMILES string of the molecule is Cc1ccccc1-c1nc(NSc2cccc(N3CCNCC3)n2)ccc1Cl. The molecule has 7 heteroatoms. The van der Waals surface area contributed by atoms with Crippen LogP contribution in [0.3, 0.4) is 0 Å². The van der Waals surface area contributed by atoms with Crippen molar-refractivity contribution in [3.8, 4) is 11.3 Å². The van der Waals surface area contributed by atoms with Crippen molar-refractivity contribution in [2.24, 2.45) is 0 Å². The Morgan fingerprint density at radius 3 is 2.64 bits per heavy atom. The number of pyridine rings is 2. The second kappa shape index (κ2) is 8.82. The molecule has 0 saturated carbocycles. The van der Waals surface area contributed by atoms with Crippen molar-refractivity contribution in [3.63, 3.8) is 0 Å². The molecular weight excluding hydrogens is 390 g/mol. The van der Waals surface area contributed by atoms with Crippen molar-refractivity contribution in [2.45, 2.75) is 11.9 Å². The van der Waals surface area contributed by atoms with E-state index < -0.39 is 0 Å². The minimum absolute atomic E-state index is 0.642. The van der Waals surface area contributed by atoms with E-state index >= 15 is 0 Å². The molecule has 1 aliphatic rings. The molecule has 1 fully saturated rings. The Balaban J connectivity index is 1.50. The van der Waals surface area contributed by atoms with Crippen molar-refractivity contribution in [2.75, 3.05) is 35.8 Å². The van der Waals surface area contributed by atoms with Crippen LogP contribution in [0, 0.1) is 6.92 Å². The lowest BCUT2D eigenvalue weighted by Gasteiger charge is -2.28. The van der Waals surface area contributed by atoms with Gasteiger partial charge in [0.15, 0.2) is 0 Å². The number of nitrogens with one attached hydrogen (secondary N) is 2. The Morgan fingerprint density at radius 1 is 1.00 bits per heavy atom. The first-order valence-corrected chi connectivity index (χ1v) is 10.5. The van der Waals surface area contributed by atoms with E-state index in [1.54, 1.807) is 0 Å². The van der Waals surface area contributed by atoms with Gasteiger partial charge in [-0.15, -0.1) is 0 Å². The van der Waals surface area contributed by atoms with Gasteiger partial charge in [0.2, 0.25) is 0 Å². The number of aryl methyl sites for hydroxylation is 1. The van der Waals surface area contributed by atoms with Crippen molar-refractivity contribution in [1.29, 1.82) is 0 Å². The summed E-state index contributed by atoms with van der Waals surface area (Å²) in [6.45, 7) is 6.01. The summed E-state index contributed by atoms with van der Waals surface area (Å²) in [5.41, 5.74) is 2.97. The van der Waals surface area contributed by atoms with Crippen LogP contribution in [0.5, 0.6) is 0 Å². The minimum Gasteiger partial charge on any atom is -0.354 e. The fourth-order valence-electron chi connectivity index (χ4n) is 3.16.